The van der Waals surface area contributed by atoms with E-state index in [4.69, 9.17) is 21.4 Å². The zero-order valence-electron chi connectivity index (χ0n) is 16.5. The number of benzene rings is 2. The minimum Gasteiger partial charge on any atom is -0.488 e. The smallest absolute Gasteiger partial charge is 0.124 e. The molecular formula is C22H25ClN2O3S. The van der Waals surface area contributed by atoms with Gasteiger partial charge in [-0.05, 0) is 37.7 Å². The van der Waals surface area contributed by atoms with Crippen molar-refractivity contribution < 1.29 is 14.9 Å². The Kier molecular flexibility index (Phi) is 7.64. The third kappa shape index (κ3) is 5.78. The molecule has 1 atom stereocenters. The molecule has 5 nitrogen and oxygen atoms in total. The number of rotatable bonds is 9. The second-order valence-corrected chi connectivity index (χ2v) is 8.33. The molecular weight excluding hydrogens is 408 g/mol. The van der Waals surface area contributed by atoms with Crippen molar-refractivity contribution in [2.24, 2.45) is 0 Å². The Morgan fingerprint density at radius 1 is 1.24 bits per heavy atom. The monoisotopic (exact) mass is 432 g/mol. The fourth-order valence-electron chi connectivity index (χ4n) is 3.09. The van der Waals surface area contributed by atoms with Gasteiger partial charge in [0.1, 0.15) is 12.4 Å². The molecule has 0 aliphatic heterocycles. The summed E-state index contributed by atoms with van der Waals surface area (Å²) in [6.07, 6.45) is -0.782. The van der Waals surface area contributed by atoms with Crippen LogP contribution in [0.15, 0.2) is 48.0 Å². The van der Waals surface area contributed by atoms with Gasteiger partial charge in [0.15, 0.2) is 0 Å². The number of hydrogen-bond acceptors (Lipinski definition) is 6. The molecule has 3 rings (SSSR count). The summed E-state index contributed by atoms with van der Waals surface area (Å²) in [6.45, 7) is 3.09. The van der Waals surface area contributed by atoms with Gasteiger partial charge in [-0.2, -0.15) is 0 Å². The van der Waals surface area contributed by atoms with Gasteiger partial charge in [0.2, 0.25) is 0 Å². The van der Waals surface area contributed by atoms with Crippen molar-refractivity contribution in [3.63, 3.8) is 0 Å². The number of aliphatic hydroxyl groups excluding tert-OH is 2. The lowest BCUT2D eigenvalue weighted by atomic mass is 10.0. The molecule has 154 valence electrons. The van der Waals surface area contributed by atoms with Crippen LogP contribution >= 0.6 is 22.9 Å². The molecule has 0 aliphatic carbocycles. The fraction of sp³-hybridized carbons (Fsp3) is 0.318. The highest BCUT2D eigenvalue weighted by Crippen LogP contribution is 2.32. The van der Waals surface area contributed by atoms with Crippen LogP contribution in [0.2, 0.25) is 5.02 Å². The Hall–Kier alpha value is -1.96. The van der Waals surface area contributed by atoms with Gasteiger partial charge in [-0.1, -0.05) is 35.9 Å². The molecule has 1 unspecified atom stereocenters. The summed E-state index contributed by atoms with van der Waals surface area (Å²) < 4.78 is 6.11. The summed E-state index contributed by atoms with van der Waals surface area (Å²) >= 11 is 7.96. The minimum atomic E-state index is -0.782. The van der Waals surface area contributed by atoms with E-state index in [-0.39, 0.29) is 6.61 Å². The van der Waals surface area contributed by atoms with E-state index in [9.17, 15) is 5.11 Å². The molecule has 7 heteroatoms. The Labute approximate surface area is 180 Å². The molecule has 0 saturated heterocycles. The fourth-order valence-corrected chi connectivity index (χ4v) is 4.02. The topological polar surface area (TPSA) is 65.8 Å². The van der Waals surface area contributed by atoms with Crippen LogP contribution in [0.1, 0.15) is 16.1 Å². The van der Waals surface area contributed by atoms with Crippen LogP contribution in [0.4, 0.5) is 0 Å². The third-order valence-corrected chi connectivity index (χ3v) is 5.86. The van der Waals surface area contributed by atoms with Gasteiger partial charge in [0.05, 0.1) is 28.8 Å². The first-order valence-electron chi connectivity index (χ1n) is 9.35. The Bertz CT molecular complexity index is 947. The molecule has 0 radical (unpaired) electrons. The van der Waals surface area contributed by atoms with Gasteiger partial charge < -0.3 is 14.9 Å². The molecule has 29 heavy (non-hydrogen) atoms. The molecule has 0 spiro atoms. The van der Waals surface area contributed by atoms with Crippen molar-refractivity contribution in [2.45, 2.75) is 26.2 Å². The van der Waals surface area contributed by atoms with E-state index >= 15 is 0 Å². The maximum Gasteiger partial charge on any atom is 0.124 e. The molecule has 1 heterocycles. The maximum atomic E-state index is 9.76. The van der Waals surface area contributed by atoms with Crippen LogP contribution in [-0.2, 0) is 13.2 Å². The lowest BCUT2D eigenvalue weighted by Gasteiger charge is -2.22. The Morgan fingerprint density at radius 3 is 2.72 bits per heavy atom. The van der Waals surface area contributed by atoms with Crippen molar-refractivity contribution in [1.82, 2.24) is 9.88 Å². The summed E-state index contributed by atoms with van der Waals surface area (Å²) in [7, 11) is 1.90. The first-order valence-corrected chi connectivity index (χ1v) is 10.6. The van der Waals surface area contributed by atoms with E-state index in [1.54, 1.807) is 11.3 Å². The van der Waals surface area contributed by atoms with Crippen LogP contribution in [-0.4, -0.2) is 46.4 Å². The number of thiazole rings is 1. The number of hydrogen-bond donors (Lipinski definition) is 2. The second kappa shape index (κ2) is 10.2. The molecule has 0 bridgehead atoms. The summed E-state index contributed by atoms with van der Waals surface area (Å²) in [6, 6.07) is 13.8. The van der Waals surface area contributed by atoms with Gasteiger partial charge in [-0.3, -0.25) is 4.90 Å². The van der Waals surface area contributed by atoms with E-state index in [2.05, 4.69) is 11.1 Å². The first kappa shape index (κ1) is 21.7. The summed E-state index contributed by atoms with van der Waals surface area (Å²) in [5.41, 5.74) is 5.74. The van der Waals surface area contributed by atoms with E-state index in [0.29, 0.717) is 24.7 Å². The van der Waals surface area contributed by atoms with E-state index < -0.39 is 6.10 Å². The number of ether oxygens (including phenoxy) is 1. The van der Waals surface area contributed by atoms with Crippen LogP contribution in [0.3, 0.4) is 0 Å². The number of aromatic nitrogens is 1. The maximum absolute atomic E-state index is 9.76. The minimum absolute atomic E-state index is 0.266. The van der Waals surface area contributed by atoms with Gasteiger partial charge in [-0.25, -0.2) is 4.98 Å². The van der Waals surface area contributed by atoms with Crippen molar-refractivity contribution in [2.75, 3.05) is 20.2 Å². The highest BCUT2D eigenvalue weighted by molar-refractivity contribution is 7.09. The number of likely N-dealkylation sites (N-methyl/N-ethyl adjacent to an activating group) is 1. The van der Waals surface area contributed by atoms with Crippen LogP contribution in [0.5, 0.6) is 5.75 Å². The largest absolute Gasteiger partial charge is 0.488 e. The highest BCUT2D eigenvalue weighted by Gasteiger charge is 2.14. The zero-order chi connectivity index (χ0) is 20.8. The first-order chi connectivity index (χ1) is 14.0. The lowest BCUT2D eigenvalue weighted by Crippen LogP contribution is -2.31. The molecule has 0 fully saturated rings. The Balaban J connectivity index is 1.87. The van der Waals surface area contributed by atoms with Crippen molar-refractivity contribution in [3.05, 3.63) is 69.1 Å². The number of halogens is 1. The molecule has 2 aromatic carbocycles. The highest BCUT2D eigenvalue weighted by atomic mass is 35.5. The quantitative estimate of drug-likeness (QED) is 0.532. The standard InChI is InChI=1S/C22H25ClN2O3S/c1-15-22(29-14-24-15)13-28-21-8-7-16(19-5-3-4-6-20(19)23)9-17(21)10-25(2)11-18(27)12-26/h3-9,14,18,26-27H,10-13H2,1-2H3. The second-order valence-electron chi connectivity index (χ2n) is 6.99. The third-order valence-electron chi connectivity index (χ3n) is 4.62. The zero-order valence-corrected chi connectivity index (χ0v) is 18.1. The normalized spacial score (nSPS) is 12.3. The summed E-state index contributed by atoms with van der Waals surface area (Å²) in [5, 5.41) is 19.6. The molecule has 0 amide bonds. The van der Waals surface area contributed by atoms with Crippen molar-refractivity contribution >= 4 is 22.9 Å². The van der Waals surface area contributed by atoms with E-state index in [0.717, 1.165) is 33.0 Å². The number of nitrogens with zero attached hydrogens (tertiary/aromatic N) is 2. The SMILES string of the molecule is Cc1ncsc1COc1ccc(-c2ccccc2Cl)cc1CN(C)CC(O)CO. The number of aliphatic hydroxyl groups is 2. The van der Waals surface area contributed by atoms with Crippen molar-refractivity contribution in [1.29, 1.82) is 0 Å². The predicted octanol–water partition coefficient (Wildman–Crippen LogP) is 4.14. The van der Waals surface area contributed by atoms with Gasteiger partial charge in [-0.15, -0.1) is 11.3 Å². The molecule has 1 aromatic heterocycles. The average Bonchev–Trinajstić information content (AvgIpc) is 3.12. The van der Waals surface area contributed by atoms with Crippen molar-refractivity contribution in [3.8, 4) is 16.9 Å². The van der Waals surface area contributed by atoms with Crippen LogP contribution in [0.25, 0.3) is 11.1 Å². The lowest BCUT2D eigenvalue weighted by molar-refractivity contribution is 0.0645. The van der Waals surface area contributed by atoms with Gasteiger partial charge in [0, 0.05) is 29.2 Å². The Morgan fingerprint density at radius 2 is 2.03 bits per heavy atom. The number of aryl methyl sites for hydroxylation is 1. The molecule has 3 aromatic rings. The average molecular weight is 433 g/mol. The van der Waals surface area contributed by atoms with Crippen LogP contribution in [0, 0.1) is 6.92 Å². The predicted molar refractivity (Wildman–Crippen MR) is 117 cm³/mol. The molecule has 2 N–H and O–H groups in total. The van der Waals surface area contributed by atoms with Crippen LogP contribution < -0.4 is 4.74 Å². The van der Waals surface area contributed by atoms with Gasteiger partial charge in [0.25, 0.3) is 0 Å². The van der Waals surface area contributed by atoms with E-state index in [1.807, 2.05) is 60.8 Å². The van der Waals surface area contributed by atoms with Gasteiger partial charge >= 0.3 is 0 Å². The van der Waals surface area contributed by atoms with E-state index in [1.165, 1.54) is 0 Å². The molecule has 0 saturated carbocycles. The summed E-state index contributed by atoms with van der Waals surface area (Å²) in [5.74, 6) is 0.777. The molecule has 0 aliphatic rings. The summed E-state index contributed by atoms with van der Waals surface area (Å²) in [4.78, 5) is 7.32.